The molecule has 0 atom stereocenters. The Kier molecular flexibility index (Phi) is 2.00. The molecule has 2 N–H and O–H groups in total. The number of fused-ring (bicyclic) bond motifs is 1. The molecule has 0 amide bonds. The van der Waals surface area contributed by atoms with E-state index in [0.717, 1.165) is 11.1 Å². The van der Waals surface area contributed by atoms with Crippen molar-refractivity contribution in [3.63, 3.8) is 0 Å². The van der Waals surface area contributed by atoms with Crippen molar-refractivity contribution in [2.24, 2.45) is 5.16 Å². The zero-order valence-corrected chi connectivity index (χ0v) is 7.07. The van der Waals surface area contributed by atoms with Gasteiger partial charge >= 0.3 is 0 Å². The second kappa shape index (κ2) is 3.31. The van der Waals surface area contributed by atoms with Gasteiger partial charge in [0.1, 0.15) is 0 Å². The van der Waals surface area contributed by atoms with Crippen molar-refractivity contribution in [2.45, 2.75) is 6.42 Å². The average molecular weight is 174 g/mol. The molecule has 0 bridgehead atoms. The van der Waals surface area contributed by atoms with Gasteiger partial charge in [-0.1, -0.05) is 12.1 Å². The van der Waals surface area contributed by atoms with E-state index in [0.29, 0.717) is 6.42 Å². The highest BCUT2D eigenvalue weighted by atomic mass is 16.4. The Hall–Kier alpha value is -1.77. The third kappa shape index (κ3) is 1.40. The first-order valence-corrected chi connectivity index (χ1v) is 4.12. The summed E-state index contributed by atoms with van der Waals surface area (Å²) in [6, 6.07) is 8.06. The lowest BCUT2D eigenvalue weighted by molar-refractivity contribution is 0.321. The molecule has 3 nitrogen and oxygen atoms in total. The molecule has 0 saturated carbocycles. The van der Waals surface area contributed by atoms with Crippen LogP contribution in [0.1, 0.15) is 5.56 Å². The number of nitrogens with one attached hydrogen (secondary N) is 1. The number of aromatic amines is 1. The Bertz CT molecular complexity index is 431. The van der Waals surface area contributed by atoms with Crippen LogP contribution >= 0.6 is 0 Å². The largest absolute Gasteiger partial charge is 0.411 e. The van der Waals surface area contributed by atoms with Gasteiger partial charge in [-0.05, 0) is 17.7 Å². The van der Waals surface area contributed by atoms with Gasteiger partial charge in [-0.15, -0.1) is 5.16 Å². The zero-order chi connectivity index (χ0) is 9.10. The normalized spacial score (nSPS) is 11.4. The predicted molar refractivity (Wildman–Crippen MR) is 52.3 cm³/mol. The molecule has 13 heavy (non-hydrogen) atoms. The second-order valence-electron chi connectivity index (χ2n) is 2.86. The van der Waals surface area contributed by atoms with E-state index in [1.165, 1.54) is 11.6 Å². The summed E-state index contributed by atoms with van der Waals surface area (Å²) in [6.45, 7) is 0. The summed E-state index contributed by atoms with van der Waals surface area (Å²) >= 11 is 0. The first-order chi connectivity index (χ1) is 6.42. The maximum Gasteiger partial charge on any atom is 0.0479 e. The molecule has 3 heteroatoms. The Morgan fingerprint density at radius 3 is 3.15 bits per heavy atom. The molecule has 2 rings (SSSR count). The molecule has 1 heterocycles. The number of hydrogen-bond donors (Lipinski definition) is 2. The maximum atomic E-state index is 8.31. The molecular formula is C10H10N2O. The van der Waals surface area contributed by atoms with Crippen LogP contribution in [-0.2, 0) is 6.42 Å². The second-order valence-corrected chi connectivity index (χ2v) is 2.86. The molecule has 0 radical (unpaired) electrons. The molecule has 0 spiro atoms. The number of hydrogen-bond acceptors (Lipinski definition) is 2. The molecule has 1 aromatic carbocycles. The van der Waals surface area contributed by atoms with E-state index < -0.39 is 0 Å². The van der Waals surface area contributed by atoms with Crippen LogP contribution in [0.4, 0.5) is 0 Å². The van der Waals surface area contributed by atoms with E-state index in [1.807, 2.05) is 30.5 Å². The van der Waals surface area contributed by atoms with Crippen molar-refractivity contribution in [2.75, 3.05) is 0 Å². The SMILES string of the molecule is ON=CCc1cccc2[nH]ccc12. The Morgan fingerprint density at radius 2 is 2.31 bits per heavy atom. The molecule has 1 aromatic heterocycles. The molecule has 2 aromatic rings. The summed E-state index contributed by atoms with van der Waals surface area (Å²) in [5, 5.41) is 12.5. The molecule has 66 valence electrons. The number of oxime groups is 1. The molecule has 0 aliphatic carbocycles. The molecule has 0 fully saturated rings. The fourth-order valence-electron chi connectivity index (χ4n) is 1.47. The summed E-state index contributed by atoms with van der Waals surface area (Å²) in [4.78, 5) is 3.13. The highest BCUT2D eigenvalue weighted by molar-refractivity contribution is 5.85. The summed E-state index contributed by atoms with van der Waals surface area (Å²) in [5.41, 5.74) is 2.28. The topological polar surface area (TPSA) is 48.4 Å². The highest BCUT2D eigenvalue weighted by Gasteiger charge is 1.98. The van der Waals surface area contributed by atoms with Gasteiger partial charge < -0.3 is 10.2 Å². The molecule has 0 aliphatic heterocycles. The smallest absolute Gasteiger partial charge is 0.0479 e. The minimum Gasteiger partial charge on any atom is -0.411 e. The van der Waals surface area contributed by atoms with E-state index in [-0.39, 0.29) is 0 Å². The molecule has 0 saturated heterocycles. The van der Waals surface area contributed by atoms with E-state index in [1.54, 1.807) is 0 Å². The third-order valence-electron chi connectivity index (χ3n) is 2.08. The van der Waals surface area contributed by atoms with Gasteiger partial charge in [0.2, 0.25) is 0 Å². The fourth-order valence-corrected chi connectivity index (χ4v) is 1.47. The Labute approximate surface area is 75.7 Å². The third-order valence-corrected chi connectivity index (χ3v) is 2.08. The van der Waals surface area contributed by atoms with Crippen molar-refractivity contribution >= 4 is 17.1 Å². The lowest BCUT2D eigenvalue weighted by atomic mass is 10.1. The first kappa shape index (κ1) is 7.86. The molecule has 0 unspecified atom stereocenters. The van der Waals surface area contributed by atoms with Crippen molar-refractivity contribution < 1.29 is 5.21 Å². The number of benzene rings is 1. The van der Waals surface area contributed by atoms with E-state index in [9.17, 15) is 0 Å². The van der Waals surface area contributed by atoms with Crippen LogP contribution in [0.2, 0.25) is 0 Å². The van der Waals surface area contributed by atoms with Gasteiger partial charge in [-0.2, -0.15) is 0 Å². The lowest BCUT2D eigenvalue weighted by Gasteiger charge is -1.97. The van der Waals surface area contributed by atoms with Crippen LogP contribution in [0.3, 0.4) is 0 Å². The minimum atomic E-state index is 0.658. The van der Waals surface area contributed by atoms with E-state index in [2.05, 4.69) is 10.1 Å². The summed E-state index contributed by atoms with van der Waals surface area (Å²) in [6.07, 6.45) is 4.05. The molecular weight excluding hydrogens is 164 g/mol. The van der Waals surface area contributed by atoms with E-state index >= 15 is 0 Å². The number of aromatic nitrogens is 1. The van der Waals surface area contributed by atoms with Crippen LogP contribution < -0.4 is 0 Å². The van der Waals surface area contributed by atoms with Gasteiger partial charge in [0.25, 0.3) is 0 Å². The minimum absolute atomic E-state index is 0.658. The van der Waals surface area contributed by atoms with Crippen LogP contribution in [0, 0.1) is 0 Å². The fraction of sp³-hybridized carbons (Fsp3) is 0.100. The maximum absolute atomic E-state index is 8.31. The number of H-pyrrole nitrogens is 1. The van der Waals surface area contributed by atoms with Crippen LogP contribution in [-0.4, -0.2) is 16.4 Å². The van der Waals surface area contributed by atoms with Gasteiger partial charge in [0.05, 0.1) is 0 Å². The van der Waals surface area contributed by atoms with Crippen molar-refractivity contribution in [1.29, 1.82) is 0 Å². The van der Waals surface area contributed by atoms with E-state index in [4.69, 9.17) is 5.21 Å². The first-order valence-electron chi connectivity index (χ1n) is 4.12. The van der Waals surface area contributed by atoms with Gasteiger partial charge in [0.15, 0.2) is 0 Å². The van der Waals surface area contributed by atoms with Crippen molar-refractivity contribution in [3.05, 3.63) is 36.0 Å². The lowest BCUT2D eigenvalue weighted by Crippen LogP contribution is -1.86. The average Bonchev–Trinajstić information content (AvgIpc) is 2.62. The van der Waals surface area contributed by atoms with Gasteiger partial charge in [-0.3, -0.25) is 0 Å². The molecule has 0 aliphatic rings. The van der Waals surface area contributed by atoms with Crippen LogP contribution in [0.15, 0.2) is 35.6 Å². The Balaban J connectivity index is 2.48. The monoisotopic (exact) mass is 174 g/mol. The van der Waals surface area contributed by atoms with Crippen LogP contribution in [0.5, 0.6) is 0 Å². The quantitative estimate of drug-likeness (QED) is 0.409. The van der Waals surface area contributed by atoms with Crippen molar-refractivity contribution in [3.8, 4) is 0 Å². The standard InChI is InChI=1S/C10H10N2O/c13-12-7-4-8-2-1-3-10-9(8)5-6-11-10/h1-3,5-7,11,13H,4H2. The van der Waals surface area contributed by atoms with Crippen molar-refractivity contribution in [1.82, 2.24) is 4.98 Å². The van der Waals surface area contributed by atoms with Gasteiger partial charge in [0, 0.05) is 29.7 Å². The number of nitrogens with zero attached hydrogens (tertiary/aromatic N) is 1. The van der Waals surface area contributed by atoms with Gasteiger partial charge in [-0.25, -0.2) is 0 Å². The highest BCUT2D eigenvalue weighted by Crippen LogP contribution is 2.16. The zero-order valence-electron chi connectivity index (χ0n) is 7.07. The summed E-state index contributed by atoms with van der Waals surface area (Å²) < 4.78 is 0. The Morgan fingerprint density at radius 1 is 1.38 bits per heavy atom. The predicted octanol–water partition coefficient (Wildman–Crippen LogP) is 2.17. The van der Waals surface area contributed by atoms with Crippen LogP contribution in [0.25, 0.3) is 10.9 Å². The summed E-state index contributed by atoms with van der Waals surface area (Å²) in [5.74, 6) is 0. The number of rotatable bonds is 2. The summed E-state index contributed by atoms with van der Waals surface area (Å²) in [7, 11) is 0.